The molecule has 25 heavy (non-hydrogen) atoms. The number of halogens is 2. The van der Waals surface area contributed by atoms with Crippen LogP contribution in [0.4, 0.5) is 0 Å². The molecule has 1 atom stereocenters. The fourth-order valence-corrected chi connectivity index (χ4v) is 3.19. The van der Waals surface area contributed by atoms with Gasteiger partial charge in [0, 0.05) is 36.2 Å². The van der Waals surface area contributed by atoms with Crippen LogP contribution < -0.4 is 11.1 Å². The van der Waals surface area contributed by atoms with Gasteiger partial charge in [0.1, 0.15) is 0 Å². The first-order valence-corrected chi connectivity index (χ1v) is 8.76. The number of hydrogen-bond donors (Lipinski definition) is 2. The van der Waals surface area contributed by atoms with Crippen molar-refractivity contribution in [3.63, 3.8) is 0 Å². The number of carbonyl (C=O) groups excluding carboxylic acids is 1. The minimum atomic E-state index is -0.261. The number of carbonyl (C=O) groups is 1. The highest BCUT2D eigenvalue weighted by atomic mass is 35.5. The number of nitrogens with zero attached hydrogens (tertiary/aromatic N) is 1. The van der Waals surface area contributed by atoms with Crippen molar-refractivity contribution in [2.45, 2.75) is 45.1 Å². The first kappa shape index (κ1) is 23.9. The van der Waals surface area contributed by atoms with Crippen LogP contribution in [0.15, 0.2) is 35.7 Å². The largest absolute Gasteiger partial charge is 0.356 e. The van der Waals surface area contributed by atoms with Gasteiger partial charge in [-0.25, -0.2) is 4.98 Å². The molecule has 0 aliphatic carbocycles. The predicted molar refractivity (Wildman–Crippen MR) is 110 cm³/mol. The van der Waals surface area contributed by atoms with Crippen molar-refractivity contribution >= 4 is 42.1 Å². The molecule has 1 unspecified atom stereocenters. The van der Waals surface area contributed by atoms with Crippen LogP contribution in [0.3, 0.4) is 0 Å². The van der Waals surface area contributed by atoms with Crippen molar-refractivity contribution in [1.29, 1.82) is 0 Å². The summed E-state index contributed by atoms with van der Waals surface area (Å²) < 4.78 is 0. The number of aromatic nitrogens is 1. The summed E-state index contributed by atoms with van der Waals surface area (Å²) in [5.41, 5.74) is 8.22. The summed E-state index contributed by atoms with van der Waals surface area (Å²) in [7, 11) is 0. The quantitative estimate of drug-likeness (QED) is 0.764. The molecule has 140 valence electrons. The minimum Gasteiger partial charge on any atom is -0.356 e. The smallest absolute Gasteiger partial charge is 0.221 e. The molecule has 1 aromatic heterocycles. The van der Waals surface area contributed by atoms with E-state index in [0.717, 1.165) is 22.7 Å². The molecule has 1 aromatic carbocycles. The van der Waals surface area contributed by atoms with E-state index in [1.54, 1.807) is 11.3 Å². The second-order valence-corrected chi connectivity index (χ2v) is 7.64. The number of nitrogens with one attached hydrogen (secondary N) is 1. The molecule has 0 spiro atoms. The average Bonchev–Trinajstić information content (AvgIpc) is 2.97. The molecule has 3 N–H and O–H groups in total. The first-order chi connectivity index (χ1) is 10.9. The third-order valence-electron chi connectivity index (χ3n) is 3.61. The van der Waals surface area contributed by atoms with E-state index in [2.05, 4.69) is 36.5 Å². The van der Waals surface area contributed by atoms with E-state index < -0.39 is 0 Å². The van der Waals surface area contributed by atoms with Crippen LogP contribution in [-0.2, 0) is 16.6 Å². The van der Waals surface area contributed by atoms with Gasteiger partial charge in [-0.15, -0.1) is 36.2 Å². The maximum Gasteiger partial charge on any atom is 0.221 e. The van der Waals surface area contributed by atoms with E-state index in [4.69, 9.17) is 5.73 Å². The first-order valence-electron chi connectivity index (χ1n) is 7.88. The van der Waals surface area contributed by atoms with Crippen LogP contribution >= 0.6 is 36.2 Å². The van der Waals surface area contributed by atoms with E-state index in [1.807, 2.05) is 30.3 Å². The number of nitrogens with two attached hydrogens (primary N) is 1. The van der Waals surface area contributed by atoms with Crippen molar-refractivity contribution in [3.8, 4) is 0 Å². The predicted octanol–water partition coefficient (Wildman–Crippen LogP) is 4.03. The molecule has 0 saturated carbocycles. The summed E-state index contributed by atoms with van der Waals surface area (Å²) >= 11 is 1.65. The SMILES string of the molecule is CC(C)(C)c1csc(CCNC(=O)CC(N)c2ccccc2)n1.Cl.Cl. The van der Waals surface area contributed by atoms with E-state index >= 15 is 0 Å². The Morgan fingerprint density at radius 1 is 1.24 bits per heavy atom. The zero-order valence-corrected chi connectivity index (χ0v) is 17.3. The summed E-state index contributed by atoms with van der Waals surface area (Å²) in [5, 5.41) is 6.09. The van der Waals surface area contributed by atoms with Gasteiger partial charge in [0.25, 0.3) is 0 Å². The van der Waals surface area contributed by atoms with Crippen molar-refractivity contribution in [1.82, 2.24) is 10.3 Å². The van der Waals surface area contributed by atoms with Crippen molar-refractivity contribution < 1.29 is 4.79 Å². The summed E-state index contributed by atoms with van der Waals surface area (Å²) in [4.78, 5) is 16.6. The lowest BCUT2D eigenvalue weighted by molar-refractivity contribution is -0.121. The lowest BCUT2D eigenvalue weighted by Crippen LogP contribution is -2.29. The lowest BCUT2D eigenvalue weighted by Gasteiger charge is -2.14. The molecule has 1 heterocycles. The Kier molecular flexibility index (Phi) is 10.3. The molecule has 0 aliphatic heterocycles. The van der Waals surface area contributed by atoms with E-state index in [9.17, 15) is 4.79 Å². The van der Waals surface area contributed by atoms with E-state index in [0.29, 0.717) is 13.0 Å². The molecular weight excluding hydrogens is 377 g/mol. The minimum absolute atomic E-state index is 0. The fraction of sp³-hybridized carbons (Fsp3) is 0.444. The standard InChI is InChI=1S/C18H25N3OS.2ClH/c1-18(2,3)15-12-23-17(21-15)9-10-20-16(22)11-14(19)13-7-5-4-6-8-13;;/h4-8,12,14H,9-11,19H2,1-3H3,(H,20,22);2*1H. The second kappa shape index (κ2) is 10.8. The molecule has 0 fully saturated rings. The van der Waals surface area contributed by atoms with Crippen LogP contribution in [0.25, 0.3) is 0 Å². The third-order valence-corrected chi connectivity index (χ3v) is 4.52. The number of benzene rings is 1. The van der Waals surface area contributed by atoms with Crippen LogP contribution in [-0.4, -0.2) is 17.4 Å². The van der Waals surface area contributed by atoms with Crippen LogP contribution in [0.5, 0.6) is 0 Å². The van der Waals surface area contributed by atoms with Crippen molar-refractivity contribution in [2.75, 3.05) is 6.54 Å². The zero-order chi connectivity index (χ0) is 16.9. The van der Waals surface area contributed by atoms with Gasteiger partial charge in [0.15, 0.2) is 0 Å². The third kappa shape index (κ3) is 7.74. The maximum atomic E-state index is 12.0. The highest BCUT2D eigenvalue weighted by Gasteiger charge is 2.17. The molecular formula is C18H27Cl2N3OS. The molecule has 7 heteroatoms. The summed E-state index contributed by atoms with van der Waals surface area (Å²) in [6.45, 7) is 7.05. The molecule has 0 saturated heterocycles. The number of amides is 1. The van der Waals surface area contributed by atoms with Gasteiger partial charge in [-0.1, -0.05) is 51.1 Å². The fourth-order valence-electron chi connectivity index (χ4n) is 2.17. The molecule has 0 bridgehead atoms. The average molecular weight is 404 g/mol. The van der Waals surface area contributed by atoms with E-state index in [-0.39, 0.29) is 42.2 Å². The van der Waals surface area contributed by atoms with Crippen molar-refractivity contribution in [3.05, 3.63) is 52.0 Å². The van der Waals surface area contributed by atoms with Gasteiger partial charge in [0.2, 0.25) is 5.91 Å². The summed E-state index contributed by atoms with van der Waals surface area (Å²) in [6, 6.07) is 9.44. The Labute approximate surface area is 166 Å². The Balaban J connectivity index is 0.00000288. The highest BCUT2D eigenvalue weighted by Crippen LogP contribution is 2.23. The Hall–Kier alpha value is -1.14. The Bertz CT molecular complexity index is 641. The van der Waals surface area contributed by atoms with Gasteiger partial charge in [-0.05, 0) is 5.56 Å². The lowest BCUT2D eigenvalue weighted by atomic mass is 9.93. The highest BCUT2D eigenvalue weighted by molar-refractivity contribution is 7.09. The zero-order valence-electron chi connectivity index (χ0n) is 14.8. The molecule has 0 aliphatic rings. The summed E-state index contributed by atoms with van der Waals surface area (Å²) in [5.74, 6) is -0.0195. The topological polar surface area (TPSA) is 68.0 Å². The normalized spacial score (nSPS) is 11.8. The molecule has 4 nitrogen and oxygen atoms in total. The second-order valence-electron chi connectivity index (χ2n) is 6.70. The van der Waals surface area contributed by atoms with Gasteiger partial charge in [-0.3, -0.25) is 4.79 Å². The van der Waals surface area contributed by atoms with Crippen LogP contribution in [0.2, 0.25) is 0 Å². The van der Waals surface area contributed by atoms with Gasteiger partial charge in [-0.2, -0.15) is 0 Å². The monoisotopic (exact) mass is 403 g/mol. The van der Waals surface area contributed by atoms with Gasteiger partial charge in [0.05, 0.1) is 10.7 Å². The summed E-state index contributed by atoms with van der Waals surface area (Å²) in [6.07, 6.45) is 1.06. The Morgan fingerprint density at radius 2 is 1.88 bits per heavy atom. The molecule has 0 radical (unpaired) electrons. The van der Waals surface area contributed by atoms with E-state index in [1.165, 1.54) is 0 Å². The van der Waals surface area contributed by atoms with Crippen LogP contribution in [0.1, 0.15) is 49.5 Å². The molecule has 2 rings (SSSR count). The Morgan fingerprint density at radius 3 is 2.44 bits per heavy atom. The van der Waals surface area contributed by atoms with Crippen LogP contribution in [0, 0.1) is 0 Å². The maximum absolute atomic E-state index is 12.0. The van der Waals surface area contributed by atoms with Gasteiger partial charge >= 0.3 is 0 Å². The molecule has 1 amide bonds. The van der Waals surface area contributed by atoms with Gasteiger partial charge < -0.3 is 11.1 Å². The number of rotatable bonds is 6. The number of hydrogen-bond acceptors (Lipinski definition) is 4. The number of thiazole rings is 1. The molecule has 2 aromatic rings. The van der Waals surface area contributed by atoms with Crippen molar-refractivity contribution in [2.24, 2.45) is 5.73 Å².